The molecule has 0 atom stereocenters. The van der Waals surface area contributed by atoms with Crippen molar-refractivity contribution in [3.05, 3.63) is 82.2 Å². The van der Waals surface area contributed by atoms with Crippen LogP contribution in [0.15, 0.2) is 69.9 Å². The van der Waals surface area contributed by atoms with E-state index in [0.29, 0.717) is 11.0 Å². The molecule has 0 bridgehead atoms. The Bertz CT molecular complexity index is 1200. The van der Waals surface area contributed by atoms with E-state index >= 15 is 0 Å². The first-order valence-electron chi connectivity index (χ1n) is 9.28. The molecular formula is C21H20N2O5S. The van der Waals surface area contributed by atoms with E-state index in [1.807, 2.05) is 6.07 Å². The molecule has 1 aromatic heterocycles. The van der Waals surface area contributed by atoms with E-state index < -0.39 is 15.9 Å². The van der Waals surface area contributed by atoms with Crippen molar-refractivity contribution in [2.24, 2.45) is 0 Å². The molecule has 3 aromatic rings. The van der Waals surface area contributed by atoms with Gasteiger partial charge in [0, 0.05) is 32.2 Å². The zero-order valence-electron chi connectivity index (χ0n) is 15.7. The highest BCUT2D eigenvalue weighted by molar-refractivity contribution is 7.88. The van der Waals surface area contributed by atoms with Gasteiger partial charge in [0.25, 0.3) is 5.91 Å². The van der Waals surface area contributed by atoms with Crippen molar-refractivity contribution in [2.75, 3.05) is 26.2 Å². The number of hydrogen-bond donors (Lipinski definition) is 0. The van der Waals surface area contributed by atoms with Gasteiger partial charge in [0.1, 0.15) is 5.58 Å². The van der Waals surface area contributed by atoms with E-state index in [2.05, 4.69) is 0 Å². The first-order valence-corrected chi connectivity index (χ1v) is 10.9. The fourth-order valence-corrected chi connectivity index (χ4v) is 4.93. The zero-order valence-corrected chi connectivity index (χ0v) is 16.5. The van der Waals surface area contributed by atoms with Crippen LogP contribution in [-0.2, 0) is 15.8 Å². The number of hydrogen-bond acceptors (Lipinski definition) is 5. The smallest absolute Gasteiger partial charge is 0.289 e. The molecule has 2 aromatic carbocycles. The van der Waals surface area contributed by atoms with E-state index in [0.717, 1.165) is 5.56 Å². The van der Waals surface area contributed by atoms with Gasteiger partial charge < -0.3 is 9.32 Å². The summed E-state index contributed by atoms with van der Waals surface area (Å²) < 4.78 is 32.3. The molecule has 0 spiro atoms. The SMILES string of the molecule is O=C(c1cc(=O)c2ccccc2o1)N1CCN(S(=O)(=O)Cc2ccccc2)CC1. The maximum absolute atomic E-state index is 12.8. The van der Waals surface area contributed by atoms with Gasteiger partial charge in [-0.15, -0.1) is 0 Å². The Morgan fingerprint density at radius 3 is 2.31 bits per heavy atom. The fraction of sp³-hybridized carbons (Fsp3) is 0.238. The Labute approximate surface area is 168 Å². The summed E-state index contributed by atoms with van der Waals surface area (Å²) in [6.07, 6.45) is 0. The summed E-state index contributed by atoms with van der Waals surface area (Å²) in [5, 5.41) is 0.417. The fourth-order valence-electron chi connectivity index (χ4n) is 3.41. The molecular weight excluding hydrogens is 392 g/mol. The standard InChI is InChI=1S/C21H20N2O5S/c24-18-14-20(28-19-9-5-4-8-17(18)19)21(25)22-10-12-23(13-11-22)29(26,27)15-16-6-2-1-3-7-16/h1-9,14H,10-13,15H2. The molecule has 0 saturated carbocycles. The zero-order chi connectivity index (χ0) is 20.4. The van der Waals surface area contributed by atoms with Crippen molar-refractivity contribution in [1.29, 1.82) is 0 Å². The predicted octanol–water partition coefficient (Wildman–Crippen LogP) is 2.08. The van der Waals surface area contributed by atoms with Crippen molar-refractivity contribution in [1.82, 2.24) is 9.21 Å². The molecule has 7 nitrogen and oxygen atoms in total. The molecule has 1 aliphatic rings. The number of rotatable bonds is 4. The summed E-state index contributed by atoms with van der Waals surface area (Å²) >= 11 is 0. The third kappa shape index (κ3) is 4.08. The van der Waals surface area contributed by atoms with Crippen LogP contribution in [0.2, 0.25) is 0 Å². The van der Waals surface area contributed by atoms with Crippen LogP contribution < -0.4 is 5.43 Å². The van der Waals surface area contributed by atoms with Gasteiger partial charge in [-0.25, -0.2) is 8.42 Å². The second-order valence-corrected chi connectivity index (χ2v) is 8.87. The maximum atomic E-state index is 12.8. The van der Waals surface area contributed by atoms with Crippen molar-refractivity contribution in [3.8, 4) is 0 Å². The highest BCUT2D eigenvalue weighted by atomic mass is 32.2. The van der Waals surface area contributed by atoms with Gasteiger partial charge in [-0.2, -0.15) is 4.31 Å². The van der Waals surface area contributed by atoms with Crippen LogP contribution in [0.4, 0.5) is 0 Å². The Kier molecular flexibility index (Phi) is 5.21. The van der Waals surface area contributed by atoms with E-state index in [1.54, 1.807) is 48.5 Å². The molecule has 4 rings (SSSR count). The summed E-state index contributed by atoms with van der Waals surface area (Å²) in [6, 6.07) is 16.9. The second kappa shape index (κ2) is 7.81. The summed E-state index contributed by atoms with van der Waals surface area (Å²) in [5.74, 6) is -0.510. The molecule has 0 N–H and O–H groups in total. The lowest BCUT2D eigenvalue weighted by molar-refractivity contribution is 0.0666. The van der Waals surface area contributed by atoms with E-state index in [9.17, 15) is 18.0 Å². The molecule has 150 valence electrons. The molecule has 8 heteroatoms. The average molecular weight is 412 g/mol. The molecule has 0 unspecified atom stereocenters. The van der Waals surface area contributed by atoms with Gasteiger partial charge in [-0.3, -0.25) is 9.59 Å². The Morgan fingerprint density at radius 2 is 1.59 bits per heavy atom. The van der Waals surface area contributed by atoms with Crippen molar-refractivity contribution >= 4 is 26.9 Å². The van der Waals surface area contributed by atoms with Gasteiger partial charge in [-0.1, -0.05) is 42.5 Å². The number of sulfonamides is 1. The van der Waals surface area contributed by atoms with E-state index in [4.69, 9.17) is 4.42 Å². The summed E-state index contributed by atoms with van der Waals surface area (Å²) in [4.78, 5) is 26.5. The molecule has 1 aliphatic heterocycles. The molecule has 29 heavy (non-hydrogen) atoms. The second-order valence-electron chi connectivity index (χ2n) is 6.90. The number of nitrogens with zero attached hydrogens (tertiary/aromatic N) is 2. The Balaban J connectivity index is 1.45. The number of fused-ring (bicyclic) bond motifs is 1. The van der Waals surface area contributed by atoms with Crippen LogP contribution >= 0.6 is 0 Å². The molecule has 2 heterocycles. The van der Waals surface area contributed by atoms with E-state index in [1.165, 1.54) is 15.3 Å². The minimum atomic E-state index is -3.46. The molecule has 1 saturated heterocycles. The van der Waals surface area contributed by atoms with Crippen LogP contribution in [0.5, 0.6) is 0 Å². The topological polar surface area (TPSA) is 87.9 Å². The van der Waals surface area contributed by atoms with Crippen molar-refractivity contribution in [3.63, 3.8) is 0 Å². The summed E-state index contributed by atoms with van der Waals surface area (Å²) in [5.41, 5.74) is 0.802. The quantitative estimate of drug-likeness (QED) is 0.655. The highest BCUT2D eigenvalue weighted by Gasteiger charge is 2.30. The molecule has 1 fully saturated rings. The van der Waals surface area contributed by atoms with Gasteiger partial charge >= 0.3 is 0 Å². The van der Waals surface area contributed by atoms with E-state index in [-0.39, 0.29) is 43.1 Å². The largest absolute Gasteiger partial charge is 0.451 e. The summed E-state index contributed by atoms with van der Waals surface area (Å²) in [6.45, 7) is 0.893. The van der Waals surface area contributed by atoms with Gasteiger partial charge in [0.2, 0.25) is 10.0 Å². The molecule has 1 amide bonds. The maximum Gasteiger partial charge on any atom is 0.289 e. The Morgan fingerprint density at radius 1 is 0.931 bits per heavy atom. The third-order valence-corrected chi connectivity index (χ3v) is 6.81. The number of carbonyl (C=O) groups is 1. The molecule has 0 radical (unpaired) electrons. The first kappa shape index (κ1) is 19.4. The lowest BCUT2D eigenvalue weighted by Gasteiger charge is -2.33. The van der Waals surface area contributed by atoms with Crippen LogP contribution in [0, 0.1) is 0 Å². The van der Waals surface area contributed by atoms with Crippen molar-refractivity contribution in [2.45, 2.75) is 5.75 Å². The Hall–Kier alpha value is -2.97. The van der Waals surface area contributed by atoms with Gasteiger partial charge in [0.05, 0.1) is 11.1 Å². The number of piperazine rings is 1. The van der Waals surface area contributed by atoms with Gasteiger partial charge in [-0.05, 0) is 17.7 Å². The number of carbonyl (C=O) groups excluding carboxylic acids is 1. The van der Waals surface area contributed by atoms with Gasteiger partial charge in [0.15, 0.2) is 11.2 Å². The lowest BCUT2D eigenvalue weighted by Crippen LogP contribution is -2.50. The third-order valence-electron chi connectivity index (χ3n) is 4.96. The monoisotopic (exact) mass is 412 g/mol. The van der Waals surface area contributed by atoms with Crippen molar-refractivity contribution < 1.29 is 17.6 Å². The number of para-hydroxylation sites is 1. The van der Waals surface area contributed by atoms with Crippen LogP contribution in [0.25, 0.3) is 11.0 Å². The lowest BCUT2D eigenvalue weighted by atomic mass is 10.2. The number of amides is 1. The van der Waals surface area contributed by atoms with Crippen LogP contribution in [0.1, 0.15) is 16.1 Å². The minimum absolute atomic E-state index is 0.0331. The van der Waals surface area contributed by atoms with Crippen LogP contribution in [-0.4, -0.2) is 49.7 Å². The first-order chi connectivity index (χ1) is 13.9. The summed E-state index contributed by atoms with van der Waals surface area (Å²) in [7, 11) is -3.46. The predicted molar refractivity (Wildman–Crippen MR) is 109 cm³/mol. The average Bonchev–Trinajstić information content (AvgIpc) is 2.74. The molecule has 0 aliphatic carbocycles. The van der Waals surface area contributed by atoms with Crippen LogP contribution in [0.3, 0.4) is 0 Å². The minimum Gasteiger partial charge on any atom is -0.451 e. The highest BCUT2D eigenvalue weighted by Crippen LogP contribution is 2.17. The normalized spacial score (nSPS) is 15.5. The number of benzene rings is 2.